The van der Waals surface area contributed by atoms with Crippen LogP contribution < -0.4 is 14.8 Å². The Bertz CT molecular complexity index is 618. The highest BCUT2D eigenvalue weighted by atomic mass is 35.5. The number of carboxylic acid groups (broad SMARTS) is 1. The summed E-state index contributed by atoms with van der Waals surface area (Å²) in [7, 11) is 0. The van der Waals surface area contributed by atoms with Gasteiger partial charge in [-0.05, 0) is 30.5 Å². The van der Waals surface area contributed by atoms with Crippen LogP contribution in [0.3, 0.4) is 0 Å². The summed E-state index contributed by atoms with van der Waals surface area (Å²) in [6.07, 6.45) is 1.02. The molecule has 2 atom stereocenters. The zero-order valence-electron chi connectivity index (χ0n) is 11.8. The molecule has 2 aliphatic rings. The number of carbonyl (C=O) groups is 2. The van der Waals surface area contributed by atoms with Gasteiger partial charge in [0.15, 0.2) is 11.5 Å². The number of ether oxygens (including phenoxy) is 2. The lowest BCUT2D eigenvalue weighted by Gasteiger charge is -2.20. The molecule has 0 saturated heterocycles. The molecule has 1 heterocycles. The predicted molar refractivity (Wildman–Crippen MR) is 78.4 cm³/mol. The van der Waals surface area contributed by atoms with Crippen molar-refractivity contribution in [3.05, 3.63) is 22.7 Å². The molecule has 1 aromatic carbocycles. The topological polar surface area (TPSA) is 84.9 Å². The smallest absolute Gasteiger partial charge is 0.307 e. The molecule has 3 rings (SSSR count). The molecular formula is C15H16ClNO5. The Morgan fingerprint density at radius 2 is 2.05 bits per heavy atom. The highest BCUT2D eigenvalue weighted by Gasteiger charge is 2.48. The summed E-state index contributed by atoms with van der Waals surface area (Å²) in [5, 5.41) is 12.1. The number of benzene rings is 1. The molecule has 1 amide bonds. The normalized spacial score (nSPS) is 22.0. The Hall–Kier alpha value is -1.95. The van der Waals surface area contributed by atoms with E-state index < -0.39 is 11.9 Å². The van der Waals surface area contributed by atoms with Gasteiger partial charge in [-0.25, -0.2) is 0 Å². The molecule has 1 aromatic rings. The van der Waals surface area contributed by atoms with Crippen LogP contribution in [0.15, 0.2) is 12.1 Å². The highest BCUT2D eigenvalue weighted by molar-refractivity contribution is 6.32. The number of hydrogen-bond donors (Lipinski definition) is 2. The minimum atomic E-state index is -0.904. The molecule has 1 aliphatic heterocycles. The maximum absolute atomic E-state index is 11.8. The second kappa shape index (κ2) is 6.04. The van der Waals surface area contributed by atoms with Crippen molar-refractivity contribution in [1.82, 2.24) is 5.32 Å². The van der Waals surface area contributed by atoms with Crippen LogP contribution in [-0.2, 0) is 16.0 Å². The van der Waals surface area contributed by atoms with Crippen molar-refractivity contribution >= 4 is 23.5 Å². The molecule has 7 heteroatoms. The van der Waals surface area contributed by atoms with Crippen LogP contribution >= 0.6 is 11.6 Å². The average Bonchev–Trinajstić information content (AvgIpc) is 3.28. The van der Waals surface area contributed by atoms with Crippen molar-refractivity contribution in [2.24, 2.45) is 11.8 Å². The Labute approximate surface area is 132 Å². The van der Waals surface area contributed by atoms with Crippen LogP contribution in [0.2, 0.25) is 5.02 Å². The van der Waals surface area contributed by atoms with Gasteiger partial charge in [0.25, 0.3) is 0 Å². The number of carboxylic acids is 1. The molecule has 0 aromatic heterocycles. The van der Waals surface area contributed by atoms with E-state index in [2.05, 4.69) is 5.32 Å². The van der Waals surface area contributed by atoms with E-state index in [9.17, 15) is 9.59 Å². The van der Waals surface area contributed by atoms with Gasteiger partial charge >= 0.3 is 5.97 Å². The van der Waals surface area contributed by atoms with Crippen molar-refractivity contribution in [2.45, 2.75) is 12.8 Å². The minimum Gasteiger partial charge on any atom is -0.486 e. The number of halogens is 1. The molecule has 0 radical (unpaired) electrons. The zero-order valence-corrected chi connectivity index (χ0v) is 12.6. The van der Waals surface area contributed by atoms with Crippen molar-refractivity contribution in [1.29, 1.82) is 0 Å². The quantitative estimate of drug-likeness (QED) is 0.856. The van der Waals surface area contributed by atoms with Crippen LogP contribution in [0.4, 0.5) is 0 Å². The molecule has 0 bridgehead atoms. The predicted octanol–water partition coefficient (Wildman–Crippen LogP) is 1.49. The van der Waals surface area contributed by atoms with Crippen molar-refractivity contribution in [3.63, 3.8) is 0 Å². The van der Waals surface area contributed by atoms with Crippen LogP contribution in [0.5, 0.6) is 11.5 Å². The van der Waals surface area contributed by atoms with Gasteiger partial charge in [0.2, 0.25) is 5.91 Å². The fourth-order valence-electron chi connectivity index (χ4n) is 2.53. The number of amides is 1. The van der Waals surface area contributed by atoms with E-state index in [1.165, 1.54) is 0 Å². The van der Waals surface area contributed by atoms with Gasteiger partial charge in [-0.15, -0.1) is 0 Å². The third kappa shape index (κ3) is 3.11. The zero-order chi connectivity index (χ0) is 15.7. The molecule has 22 heavy (non-hydrogen) atoms. The third-order valence-corrected chi connectivity index (χ3v) is 4.09. The largest absolute Gasteiger partial charge is 0.486 e. The molecule has 118 valence electrons. The van der Waals surface area contributed by atoms with Crippen molar-refractivity contribution in [2.75, 3.05) is 19.8 Å². The first kappa shape index (κ1) is 15.0. The van der Waals surface area contributed by atoms with Crippen LogP contribution in [0.1, 0.15) is 12.0 Å². The summed E-state index contributed by atoms with van der Waals surface area (Å²) in [6.45, 7) is 1.40. The van der Waals surface area contributed by atoms with Crippen LogP contribution in [0, 0.1) is 11.8 Å². The molecular weight excluding hydrogens is 310 g/mol. The van der Waals surface area contributed by atoms with E-state index in [1.807, 2.05) is 6.07 Å². The Balaban J connectivity index is 1.53. The summed E-state index contributed by atoms with van der Waals surface area (Å²) < 4.78 is 10.9. The number of fused-ring (bicyclic) bond motifs is 1. The van der Waals surface area contributed by atoms with E-state index in [0.29, 0.717) is 49.1 Å². The molecule has 1 fully saturated rings. The molecule has 2 N–H and O–H groups in total. The number of aliphatic carboxylic acids is 1. The minimum absolute atomic E-state index is 0.198. The first-order chi connectivity index (χ1) is 10.6. The van der Waals surface area contributed by atoms with Crippen LogP contribution in [0.25, 0.3) is 0 Å². The summed E-state index contributed by atoms with van der Waals surface area (Å²) >= 11 is 6.15. The molecule has 1 aliphatic carbocycles. The lowest BCUT2D eigenvalue weighted by atomic mass is 10.1. The Morgan fingerprint density at radius 1 is 1.27 bits per heavy atom. The van der Waals surface area contributed by atoms with Gasteiger partial charge in [0.05, 0.1) is 16.9 Å². The summed E-state index contributed by atoms with van der Waals surface area (Å²) in [5.41, 5.74) is 0.931. The van der Waals surface area contributed by atoms with E-state index >= 15 is 0 Å². The molecule has 6 nitrogen and oxygen atoms in total. The van der Waals surface area contributed by atoms with Crippen molar-refractivity contribution < 1.29 is 24.2 Å². The van der Waals surface area contributed by atoms with Crippen molar-refractivity contribution in [3.8, 4) is 11.5 Å². The van der Waals surface area contributed by atoms with Gasteiger partial charge < -0.3 is 19.9 Å². The SMILES string of the molecule is O=C(O)C1CC1C(=O)NCCc1cc(Cl)c2c(c1)OCCO2. The molecule has 0 spiro atoms. The number of carbonyl (C=O) groups excluding carboxylic acids is 1. The van der Waals surface area contributed by atoms with E-state index in [4.69, 9.17) is 26.2 Å². The van der Waals surface area contributed by atoms with Gasteiger partial charge in [0, 0.05) is 6.54 Å². The number of rotatable bonds is 5. The van der Waals surface area contributed by atoms with Gasteiger partial charge in [-0.1, -0.05) is 11.6 Å². The van der Waals surface area contributed by atoms with E-state index in [-0.39, 0.29) is 11.8 Å². The standard InChI is InChI=1S/C15H16ClNO5/c16-11-5-8(6-12-13(11)22-4-3-21-12)1-2-17-14(18)9-7-10(9)15(19)20/h5-6,9-10H,1-4,7H2,(H,17,18)(H,19,20). The first-order valence-electron chi connectivity index (χ1n) is 7.15. The second-order valence-electron chi connectivity index (χ2n) is 5.43. The van der Waals surface area contributed by atoms with Crippen LogP contribution in [-0.4, -0.2) is 36.7 Å². The lowest BCUT2D eigenvalue weighted by Crippen LogP contribution is -2.28. The first-order valence-corrected chi connectivity index (χ1v) is 7.52. The summed E-state index contributed by atoms with van der Waals surface area (Å²) in [5.74, 6) is -0.837. The van der Waals surface area contributed by atoms with Gasteiger partial charge in [-0.2, -0.15) is 0 Å². The van der Waals surface area contributed by atoms with E-state index in [0.717, 1.165) is 5.56 Å². The summed E-state index contributed by atoms with van der Waals surface area (Å²) in [4.78, 5) is 22.5. The van der Waals surface area contributed by atoms with Gasteiger partial charge in [0.1, 0.15) is 13.2 Å². The highest BCUT2D eigenvalue weighted by Crippen LogP contribution is 2.39. The second-order valence-corrected chi connectivity index (χ2v) is 5.84. The number of nitrogens with one attached hydrogen (secondary N) is 1. The maximum atomic E-state index is 11.8. The fourth-order valence-corrected chi connectivity index (χ4v) is 2.82. The monoisotopic (exact) mass is 325 g/mol. The summed E-state index contributed by atoms with van der Waals surface area (Å²) in [6, 6.07) is 3.64. The molecule has 2 unspecified atom stereocenters. The Morgan fingerprint density at radius 3 is 2.77 bits per heavy atom. The van der Waals surface area contributed by atoms with E-state index in [1.54, 1.807) is 6.07 Å². The van der Waals surface area contributed by atoms with Gasteiger partial charge in [-0.3, -0.25) is 9.59 Å². The Kier molecular flexibility index (Phi) is 4.11. The average molecular weight is 326 g/mol. The molecule has 1 saturated carbocycles. The fraction of sp³-hybridized carbons (Fsp3) is 0.467. The lowest BCUT2D eigenvalue weighted by molar-refractivity contribution is -0.140. The maximum Gasteiger partial charge on any atom is 0.307 e. The number of hydrogen-bond acceptors (Lipinski definition) is 4. The third-order valence-electron chi connectivity index (χ3n) is 3.81.